The number of nitro groups is 2. The number of carbonyl (C=O) groups is 2. The molecule has 1 aliphatic heterocycles. The Kier molecular flexibility index (Phi) is 7.13. The molecule has 14 heteroatoms. The zero-order valence-electron chi connectivity index (χ0n) is 22.4. The minimum atomic E-state index is -0.771. The first-order valence-electron chi connectivity index (χ1n) is 13.4. The van der Waals surface area contributed by atoms with E-state index in [1.807, 2.05) is 0 Å². The second-order valence-corrected chi connectivity index (χ2v) is 13.0. The Morgan fingerprint density at radius 3 is 2.26 bits per heavy atom. The minimum Gasteiger partial charge on any atom is -0.493 e. The predicted molar refractivity (Wildman–Crippen MR) is 157 cm³/mol. The van der Waals surface area contributed by atoms with E-state index in [-0.39, 0.29) is 27.5 Å². The number of benzene rings is 2. The number of thioether (sulfide) groups is 1. The summed E-state index contributed by atoms with van der Waals surface area (Å²) in [7, 11) is 1.38. The number of amides is 2. The number of nitro benzene ring substituents is 2. The van der Waals surface area contributed by atoms with E-state index < -0.39 is 32.5 Å². The van der Waals surface area contributed by atoms with Crippen LogP contribution < -0.4 is 14.9 Å². The zero-order valence-corrected chi connectivity index (χ0v) is 24.1. The van der Waals surface area contributed by atoms with Crippen molar-refractivity contribution in [2.75, 3.05) is 7.11 Å². The summed E-state index contributed by atoms with van der Waals surface area (Å²) in [5, 5.41) is 23.7. The van der Waals surface area contributed by atoms with E-state index in [4.69, 9.17) is 21.7 Å². The maximum atomic E-state index is 13.5. The molecule has 2 amide bonds. The molecular formula is C28H26N4O8S2. The number of carbonyl (C=O) groups excluding carboxylic acids is 2. The van der Waals surface area contributed by atoms with Gasteiger partial charge in [-0.1, -0.05) is 17.8 Å². The lowest BCUT2D eigenvalue weighted by Gasteiger charge is -2.55. The van der Waals surface area contributed by atoms with Crippen LogP contribution >= 0.6 is 24.0 Å². The summed E-state index contributed by atoms with van der Waals surface area (Å²) in [6, 6.07) is 7.77. The summed E-state index contributed by atoms with van der Waals surface area (Å²) in [5.74, 6) is 1.34. The summed E-state index contributed by atoms with van der Waals surface area (Å²) < 4.78 is 11.3. The van der Waals surface area contributed by atoms with E-state index in [2.05, 4.69) is 5.43 Å². The molecule has 4 bridgehead atoms. The molecule has 42 heavy (non-hydrogen) atoms. The first kappa shape index (κ1) is 28.1. The molecule has 4 aliphatic carbocycles. The van der Waals surface area contributed by atoms with Crippen LogP contribution in [-0.4, -0.2) is 38.1 Å². The monoisotopic (exact) mass is 610 g/mol. The van der Waals surface area contributed by atoms with Crippen LogP contribution in [0.3, 0.4) is 0 Å². The van der Waals surface area contributed by atoms with Crippen molar-refractivity contribution in [3.8, 4) is 17.2 Å². The standard InChI is InChI=1S/C28H26N4O8S2/c1-39-23-9-15(2-4-22(23)40-21-5-3-19(31(35)36)11-20(21)32(37)38)10-24-25(33)30(27(41)42-24)29-26(34)28-12-16-6-17(13-28)8-18(7-16)14-28/h2-5,9-11,16-18H,6-8,12-14H2,1H3,(H,29,34)/b24-10+. The lowest BCUT2D eigenvalue weighted by molar-refractivity contribution is -0.394. The molecule has 7 rings (SSSR count). The van der Waals surface area contributed by atoms with Gasteiger partial charge in [0, 0.05) is 6.07 Å². The Labute approximate surface area is 249 Å². The van der Waals surface area contributed by atoms with Crippen LogP contribution in [0.5, 0.6) is 17.2 Å². The van der Waals surface area contributed by atoms with Gasteiger partial charge < -0.3 is 9.47 Å². The quantitative estimate of drug-likeness (QED) is 0.169. The van der Waals surface area contributed by atoms with Crippen LogP contribution in [0.1, 0.15) is 44.1 Å². The molecule has 5 aliphatic rings. The maximum absolute atomic E-state index is 13.5. The normalized spacial score (nSPS) is 26.9. The maximum Gasteiger partial charge on any atom is 0.318 e. The molecule has 0 radical (unpaired) electrons. The minimum absolute atomic E-state index is 0.123. The van der Waals surface area contributed by atoms with Crippen LogP contribution in [0.2, 0.25) is 0 Å². The van der Waals surface area contributed by atoms with Gasteiger partial charge in [0.15, 0.2) is 15.8 Å². The smallest absolute Gasteiger partial charge is 0.318 e. The Morgan fingerprint density at radius 2 is 1.67 bits per heavy atom. The molecular weight excluding hydrogens is 584 g/mol. The third-order valence-corrected chi connectivity index (χ3v) is 9.88. The second kappa shape index (κ2) is 10.7. The Bertz CT molecular complexity index is 1540. The number of ether oxygens (including phenoxy) is 2. The number of hydrazine groups is 1. The highest BCUT2D eigenvalue weighted by molar-refractivity contribution is 8.26. The molecule has 1 saturated heterocycles. The average Bonchev–Trinajstić information content (AvgIpc) is 3.20. The number of non-ortho nitro benzene ring substituents is 1. The van der Waals surface area contributed by atoms with Crippen LogP contribution in [0, 0.1) is 43.4 Å². The number of nitrogens with one attached hydrogen (secondary N) is 1. The van der Waals surface area contributed by atoms with Crippen molar-refractivity contribution >= 4 is 57.6 Å². The van der Waals surface area contributed by atoms with Gasteiger partial charge in [-0.25, -0.2) is 0 Å². The number of rotatable bonds is 8. The fourth-order valence-corrected chi connectivity index (χ4v) is 8.33. The van der Waals surface area contributed by atoms with Gasteiger partial charge in [-0.05, 0) is 98.3 Å². The molecule has 0 spiro atoms. The number of methoxy groups -OCH3 is 1. The summed E-state index contributed by atoms with van der Waals surface area (Å²) in [6.07, 6.45) is 7.82. The molecule has 0 unspecified atom stereocenters. The first-order valence-corrected chi connectivity index (χ1v) is 14.7. The molecule has 218 valence electrons. The van der Waals surface area contributed by atoms with E-state index in [1.54, 1.807) is 18.2 Å². The lowest BCUT2D eigenvalue weighted by Crippen LogP contribution is -2.57. The van der Waals surface area contributed by atoms with E-state index in [0.717, 1.165) is 54.2 Å². The molecule has 1 heterocycles. The predicted octanol–water partition coefficient (Wildman–Crippen LogP) is 5.75. The van der Waals surface area contributed by atoms with Gasteiger partial charge in [0.25, 0.3) is 11.6 Å². The van der Waals surface area contributed by atoms with Crippen molar-refractivity contribution < 1.29 is 28.9 Å². The fraction of sp³-hybridized carbons (Fsp3) is 0.393. The van der Waals surface area contributed by atoms with Gasteiger partial charge in [-0.15, -0.1) is 0 Å². The molecule has 2 aromatic carbocycles. The Balaban J connectivity index is 1.18. The topological polar surface area (TPSA) is 154 Å². The van der Waals surface area contributed by atoms with Gasteiger partial charge in [-0.3, -0.25) is 35.2 Å². The SMILES string of the molecule is COc1cc(/C=C2/SC(=S)N(NC(=O)C34CC5CC(CC(C5)C3)C4)C2=O)ccc1Oc1ccc([N+](=O)[O-])cc1[N+](=O)[O-]. The number of thiocarbonyl (C=S) groups is 1. The van der Waals surface area contributed by atoms with Crippen LogP contribution in [0.4, 0.5) is 11.4 Å². The second-order valence-electron chi connectivity index (χ2n) is 11.3. The number of hydrogen-bond donors (Lipinski definition) is 1. The molecule has 5 fully saturated rings. The third-order valence-electron chi connectivity index (χ3n) is 8.58. The van der Waals surface area contributed by atoms with Crippen molar-refractivity contribution in [2.24, 2.45) is 23.2 Å². The summed E-state index contributed by atoms with van der Waals surface area (Å²) in [6.45, 7) is 0. The van der Waals surface area contributed by atoms with Crippen molar-refractivity contribution in [2.45, 2.75) is 38.5 Å². The molecule has 0 atom stereocenters. The summed E-state index contributed by atoms with van der Waals surface area (Å²) >= 11 is 6.52. The molecule has 4 saturated carbocycles. The third kappa shape index (κ3) is 5.09. The zero-order chi connectivity index (χ0) is 29.8. The van der Waals surface area contributed by atoms with Crippen molar-refractivity contribution in [3.63, 3.8) is 0 Å². The molecule has 0 aromatic heterocycles. The highest BCUT2D eigenvalue weighted by atomic mass is 32.2. The van der Waals surface area contributed by atoms with Gasteiger partial charge in [0.2, 0.25) is 11.7 Å². The Morgan fingerprint density at radius 1 is 1.02 bits per heavy atom. The van der Waals surface area contributed by atoms with Crippen LogP contribution in [0.15, 0.2) is 41.3 Å². The van der Waals surface area contributed by atoms with Crippen LogP contribution in [-0.2, 0) is 9.59 Å². The van der Waals surface area contributed by atoms with Crippen molar-refractivity contribution in [1.29, 1.82) is 0 Å². The van der Waals surface area contributed by atoms with E-state index >= 15 is 0 Å². The van der Waals surface area contributed by atoms with E-state index in [0.29, 0.717) is 28.2 Å². The van der Waals surface area contributed by atoms with Gasteiger partial charge in [-0.2, -0.15) is 5.01 Å². The summed E-state index contributed by atoms with van der Waals surface area (Å²) in [5.41, 5.74) is 1.95. The number of nitrogens with zero attached hydrogens (tertiary/aromatic N) is 3. The molecule has 12 nitrogen and oxygen atoms in total. The Hall–Kier alpha value is -4.04. The van der Waals surface area contributed by atoms with Gasteiger partial charge >= 0.3 is 5.69 Å². The molecule has 1 N–H and O–H groups in total. The van der Waals surface area contributed by atoms with Gasteiger partial charge in [0.05, 0.1) is 33.3 Å². The molecule has 2 aromatic rings. The van der Waals surface area contributed by atoms with Crippen molar-refractivity contribution in [1.82, 2.24) is 10.4 Å². The average molecular weight is 611 g/mol. The lowest BCUT2D eigenvalue weighted by atomic mass is 9.49. The highest BCUT2D eigenvalue weighted by Crippen LogP contribution is 2.60. The van der Waals surface area contributed by atoms with Crippen LogP contribution in [0.25, 0.3) is 6.08 Å². The first-order chi connectivity index (χ1) is 20.0. The van der Waals surface area contributed by atoms with E-state index in [9.17, 15) is 29.8 Å². The fourth-order valence-electron chi connectivity index (χ4n) is 7.15. The summed E-state index contributed by atoms with van der Waals surface area (Å²) in [4.78, 5) is 48.1. The van der Waals surface area contributed by atoms with Crippen molar-refractivity contribution in [3.05, 3.63) is 67.1 Å². The van der Waals surface area contributed by atoms with Gasteiger partial charge in [0.1, 0.15) is 0 Å². The number of hydrogen-bond acceptors (Lipinski definition) is 10. The highest BCUT2D eigenvalue weighted by Gasteiger charge is 2.55. The largest absolute Gasteiger partial charge is 0.493 e. The van der Waals surface area contributed by atoms with E-state index in [1.165, 1.54) is 32.4 Å².